The van der Waals surface area contributed by atoms with Crippen LogP contribution in [0.15, 0.2) is 29.8 Å². The first-order valence-corrected chi connectivity index (χ1v) is 5.36. The maximum Gasteiger partial charge on any atom is 0.336 e. The summed E-state index contributed by atoms with van der Waals surface area (Å²) in [4.78, 5) is 10.8. The van der Waals surface area contributed by atoms with E-state index in [0.717, 1.165) is 16.7 Å². The Bertz CT molecular complexity index is 486. The molecule has 0 radical (unpaired) electrons. The van der Waals surface area contributed by atoms with E-state index in [2.05, 4.69) is 0 Å². The molecule has 0 aromatic heterocycles. The Morgan fingerprint density at radius 1 is 1.35 bits per heavy atom. The molecule has 0 saturated carbocycles. The second kappa shape index (κ2) is 4.22. The standard InChI is InChI=1S/C13H14O4/c1-7(2)11-8-5-3-4-6-9(8)12(17-11)10(14)13(15)16/h3-6,10,12,14H,1-2H3,(H,15,16). The minimum Gasteiger partial charge on any atom is -0.482 e. The summed E-state index contributed by atoms with van der Waals surface area (Å²) in [5, 5.41) is 18.5. The van der Waals surface area contributed by atoms with Crippen LogP contribution in [0.1, 0.15) is 31.1 Å². The molecule has 2 atom stereocenters. The van der Waals surface area contributed by atoms with Crippen LogP contribution in [0, 0.1) is 0 Å². The molecular weight excluding hydrogens is 220 g/mol. The van der Waals surface area contributed by atoms with Crippen molar-refractivity contribution in [2.75, 3.05) is 0 Å². The van der Waals surface area contributed by atoms with Gasteiger partial charge in [-0.3, -0.25) is 0 Å². The second-order valence-corrected chi connectivity index (χ2v) is 4.24. The van der Waals surface area contributed by atoms with Gasteiger partial charge >= 0.3 is 5.97 Å². The van der Waals surface area contributed by atoms with Gasteiger partial charge in [0.25, 0.3) is 0 Å². The minimum atomic E-state index is -1.55. The van der Waals surface area contributed by atoms with Crippen LogP contribution in [0.5, 0.6) is 0 Å². The molecule has 1 aromatic rings. The van der Waals surface area contributed by atoms with Crippen LogP contribution in [-0.4, -0.2) is 22.3 Å². The fourth-order valence-electron chi connectivity index (χ4n) is 1.96. The van der Waals surface area contributed by atoms with Gasteiger partial charge in [0.05, 0.1) is 0 Å². The summed E-state index contributed by atoms with van der Waals surface area (Å²) in [6, 6.07) is 7.31. The summed E-state index contributed by atoms with van der Waals surface area (Å²) in [5.74, 6) is -0.620. The summed E-state index contributed by atoms with van der Waals surface area (Å²) in [5.41, 5.74) is 2.54. The van der Waals surface area contributed by atoms with Crippen LogP contribution in [0.25, 0.3) is 5.76 Å². The molecule has 1 aliphatic rings. The maximum absolute atomic E-state index is 10.8. The molecule has 0 aliphatic carbocycles. The summed E-state index contributed by atoms with van der Waals surface area (Å²) in [6.45, 7) is 3.78. The first-order valence-electron chi connectivity index (χ1n) is 5.36. The van der Waals surface area contributed by atoms with E-state index in [1.807, 2.05) is 26.0 Å². The van der Waals surface area contributed by atoms with Crippen LogP contribution < -0.4 is 0 Å². The molecule has 0 fully saturated rings. The first kappa shape index (κ1) is 11.7. The Hall–Kier alpha value is -1.81. The fourth-order valence-corrected chi connectivity index (χ4v) is 1.96. The lowest BCUT2D eigenvalue weighted by Crippen LogP contribution is -2.27. The van der Waals surface area contributed by atoms with Crippen molar-refractivity contribution >= 4 is 11.7 Å². The summed E-state index contributed by atoms with van der Waals surface area (Å²) in [7, 11) is 0. The molecule has 2 N–H and O–H groups in total. The van der Waals surface area contributed by atoms with Gasteiger partial charge in [0.15, 0.2) is 12.2 Å². The molecule has 4 heteroatoms. The third-order valence-corrected chi connectivity index (χ3v) is 2.75. The van der Waals surface area contributed by atoms with Gasteiger partial charge in [-0.1, -0.05) is 24.3 Å². The average molecular weight is 234 g/mol. The van der Waals surface area contributed by atoms with E-state index in [0.29, 0.717) is 5.76 Å². The van der Waals surface area contributed by atoms with Crippen molar-refractivity contribution < 1.29 is 19.7 Å². The lowest BCUT2D eigenvalue weighted by atomic mass is 10.00. The molecule has 1 aliphatic heterocycles. The van der Waals surface area contributed by atoms with Crippen molar-refractivity contribution in [3.63, 3.8) is 0 Å². The number of aliphatic hydroxyl groups excluding tert-OH is 1. The lowest BCUT2D eigenvalue weighted by molar-refractivity contribution is -0.152. The van der Waals surface area contributed by atoms with Gasteiger partial charge in [0.1, 0.15) is 5.76 Å². The van der Waals surface area contributed by atoms with E-state index in [-0.39, 0.29) is 0 Å². The van der Waals surface area contributed by atoms with Crippen molar-refractivity contribution in [2.45, 2.75) is 26.1 Å². The Labute approximate surface area is 99.2 Å². The number of aliphatic hydroxyl groups is 1. The van der Waals surface area contributed by atoms with Crippen LogP contribution in [0.2, 0.25) is 0 Å². The third kappa shape index (κ3) is 1.91. The molecule has 4 nitrogen and oxygen atoms in total. The highest BCUT2D eigenvalue weighted by Crippen LogP contribution is 2.41. The normalized spacial score (nSPS) is 19.5. The molecular formula is C13H14O4. The molecule has 17 heavy (non-hydrogen) atoms. The molecule has 0 bridgehead atoms. The van der Waals surface area contributed by atoms with E-state index in [1.54, 1.807) is 12.1 Å². The number of carboxylic acids is 1. The van der Waals surface area contributed by atoms with E-state index >= 15 is 0 Å². The first-order chi connectivity index (χ1) is 8.02. The SMILES string of the molecule is CC(C)=C1OC(C(O)C(=O)O)c2ccccc21. The number of hydrogen-bond acceptors (Lipinski definition) is 3. The topological polar surface area (TPSA) is 66.8 Å². The monoisotopic (exact) mass is 234 g/mol. The molecule has 0 amide bonds. The van der Waals surface area contributed by atoms with Crippen LogP contribution in [0.4, 0.5) is 0 Å². The number of rotatable bonds is 2. The van der Waals surface area contributed by atoms with Gasteiger partial charge in [0.2, 0.25) is 0 Å². The zero-order valence-corrected chi connectivity index (χ0v) is 9.68. The summed E-state index contributed by atoms with van der Waals surface area (Å²) >= 11 is 0. The fraction of sp³-hybridized carbons (Fsp3) is 0.308. The number of benzene rings is 1. The number of fused-ring (bicyclic) bond motifs is 1. The van der Waals surface area contributed by atoms with Crippen LogP contribution >= 0.6 is 0 Å². The zero-order chi connectivity index (χ0) is 12.6. The highest BCUT2D eigenvalue weighted by molar-refractivity contribution is 5.76. The van der Waals surface area contributed by atoms with E-state index in [1.165, 1.54) is 0 Å². The van der Waals surface area contributed by atoms with Gasteiger partial charge in [-0.05, 0) is 19.4 Å². The highest BCUT2D eigenvalue weighted by atomic mass is 16.5. The van der Waals surface area contributed by atoms with E-state index < -0.39 is 18.2 Å². The highest BCUT2D eigenvalue weighted by Gasteiger charge is 2.37. The van der Waals surface area contributed by atoms with E-state index in [4.69, 9.17) is 9.84 Å². The average Bonchev–Trinajstić information content (AvgIpc) is 2.67. The van der Waals surface area contributed by atoms with Crippen LogP contribution in [-0.2, 0) is 9.53 Å². The van der Waals surface area contributed by atoms with Gasteiger partial charge in [0, 0.05) is 11.1 Å². The smallest absolute Gasteiger partial charge is 0.336 e. The summed E-state index contributed by atoms with van der Waals surface area (Å²) in [6.07, 6.45) is -2.37. The predicted octanol–water partition coefficient (Wildman–Crippen LogP) is 1.95. The predicted molar refractivity (Wildman–Crippen MR) is 62.2 cm³/mol. The molecule has 90 valence electrons. The number of allylic oxidation sites excluding steroid dienone is 1. The molecule has 2 rings (SSSR count). The van der Waals surface area contributed by atoms with Crippen molar-refractivity contribution in [3.8, 4) is 0 Å². The van der Waals surface area contributed by atoms with Crippen molar-refractivity contribution in [1.82, 2.24) is 0 Å². The molecule has 1 heterocycles. The third-order valence-electron chi connectivity index (χ3n) is 2.75. The van der Waals surface area contributed by atoms with Gasteiger partial charge < -0.3 is 14.9 Å². The van der Waals surface area contributed by atoms with E-state index in [9.17, 15) is 9.90 Å². The number of carbonyl (C=O) groups is 1. The number of carboxylic acid groups (broad SMARTS) is 1. The Kier molecular flexibility index (Phi) is 2.90. The Morgan fingerprint density at radius 3 is 2.59 bits per heavy atom. The minimum absolute atomic E-state index is 0.658. The number of aliphatic carboxylic acids is 1. The molecule has 1 aromatic carbocycles. The van der Waals surface area contributed by atoms with Crippen molar-refractivity contribution in [1.29, 1.82) is 0 Å². The van der Waals surface area contributed by atoms with Gasteiger partial charge in [-0.25, -0.2) is 4.79 Å². The zero-order valence-electron chi connectivity index (χ0n) is 9.68. The number of ether oxygens (including phenoxy) is 1. The Balaban J connectivity index is 2.49. The maximum atomic E-state index is 10.8. The quantitative estimate of drug-likeness (QED) is 0.820. The molecule has 0 saturated heterocycles. The summed E-state index contributed by atoms with van der Waals surface area (Å²) < 4.78 is 5.57. The number of hydrogen-bond donors (Lipinski definition) is 2. The Morgan fingerprint density at radius 2 is 2.00 bits per heavy atom. The van der Waals surface area contributed by atoms with Crippen molar-refractivity contribution in [3.05, 3.63) is 41.0 Å². The largest absolute Gasteiger partial charge is 0.482 e. The van der Waals surface area contributed by atoms with Gasteiger partial charge in [-0.2, -0.15) is 0 Å². The van der Waals surface area contributed by atoms with Gasteiger partial charge in [-0.15, -0.1) is 0 Å². The van der Waals surface area contributed by atoms with Crippen LogP contribution in [0.3, 0.4) is 0 Å². The molecule has 0 spiro atoms. The second-order valence-electron chi connectivity index (χ2n) is 4.24. The van der Waals surface area contributed by atoms with Crippen molar-refractivity contribution in [2.24, 2.45) is 0 Å². The molecule has 2 unspecified atom stereocenters. The lowest BCUT2D eigenvalue weighted by Gasteiger charge is -2.15.